The van der Waals surface area contributed by atoms with Gasteiger partial charge in [0.1, 0.15) is 6.67 Å². The fourth-order valence-electron chi connectivity index (χ4n) is 1.08. The van der Waals surface area contributed by atoms with Gasteiger partial charge in [-0.2, -0.15) is 0 Å². The van der Waals surface area contributed by atoms with Gasteiger partial charge in [0.05, 0.1) is 11.0 Å². The normalized spacial score (nSPS) is 12.4. The lowest BCUT2D eigenvalue weighted by Gasteiger charge is -2.04. The molecule has 0 aliphatic heterocycles. The van der Waals surface area contributed by atoms with E-state index in [1.807, 2.05) is 0 Å². The molecule has 0 bridgehead atoms. The monoisotopic (exact) mass is 198 g/mol. The zero-order chi connectivity index (χ0) is 10.6. The van der Waals surface area contributed by atoms with Crippen LogP contribution in [0.1, 0.15) is 5.56 Å². The number of aliphatic hydroxyl groups is 1. The van der Waals surface area contributed by atoms with E-state index < -0.39 is 17.7 Å². The second kappa shape index (κ2) is 4.66. The van der Waals surface area contributed by atoms with Gasteiger partial charge in [0, 0.05) is 18.6 Å². The Labute approximate surface area is 80.1 Å². The summed E-state index contributed by atoms with van der Waals surface area (Å²) in [5.41, 5.74) is 0.671. The van der Waals surface area contributed by atoms with E-state index in [1.54, 1.807) is 0 Å². The SMILES string of the molecule is O=[N+]([O-])c1ccc(CC(O)C[18F])cc1. The van der Waals surface area contributed by atoms with Crippen molar-refractivity contribution in [3.05, 3.63) is 39.9 Å². The van der Waals surface area contributed by atoms with Crippen LogP contribution >= 0.6 is 0 Å². The predicted molar refractivity (Wildman–Crippen MR) is 48.8 cm³/mol. The van der Waals surface area contributed by atoms with Crippen LogP contribution in [0.2, 0.25) is 0 Å². The Morgan fingerprint density at radius 2 is 2.00 bits per heavy atom. The number of non-ortho nitro benzene ring substituents is 1. The Morgan fingerprint density at radius 3 is 2.43 bits per heavy atom. The van der Waals surface area contributed by atoms with Crippen molar-refractivity contribution in [2.75, 3.05) is 6.67 Å². The molecule has 14 heavy (non-hydrogen) atoms. The molecule has 76 valence electrons. The highest BCUT2D eigenvalue weighted by Crippen LogP contribution is 2.13. The first kappa shape index (κ1) is 10.6. The fourth-order valence-corrected chi connectivity index (χ4v) is 1.08. The molecule has 1 N–H and O–H groups in total. The molecule has 0 saturated heterocycles. The molecule has 4 nitrogen and oxygen atoms in total. The Bertz CT molecular complexity index is 312. The average Bonchev–Trinajstić information content (AvgIpc) is 2.18. The van der Waals surface area contributed by atoms with Crippen LogP contribution in [0.5, 0.6) is 0 Å². The van der Waals surface area contributed by atoms with Gasteiger partial charge in [0.15, 0.2) is 0 Å². The van der Waals surface area contributed by atoms with Crippen LogP contribution < -0.4 is 0 Å². The van der Waals surface area contributed by atoms with Crippen LogP contribution in [0.25, 0.3) is 0 Å². The van der Waals surface area contributed by atoms with E-state index in [2.05, 4.69) is 0 Å². The van der Waals surface area contributed by atoms with Gasteiger partial charge in [-0.05, 0) is 5.56 Å². The first-order valence-electron chi connectivity index (χ1n) is 4.11. The summed E-state index contributed by atoms with van der Waals surface area (Å²) in [6.07, 6.45) is -0.856. The van der Waals surface area contributed by atoms with Crippen molar-refractivity contribution in [1.82, 2.24) is 0 Å². The number of nitro benzene ring substituents is 1. The van der Waals surface area contributed by atoms with Crippen molar-refractivity contribution < 1.29 is 14.4 Å². The molecule has 0 aromatic heterocycles. The summed E-state index contributed by atoms with van der Waals surface area (Å²) in [4.78, 5) is 9.78. The number of benzene rings is 1. The highest BCUT2D eigenvalue weighted by molar-refractivity contribution is 5.33. The number of nitro groups is 1. The first-order valence-corrected chi connectivity index (χ1v) is 4.11. The van der Waals surface area contributed by atoms with E-state index in [0.29, 0.717) is 5.56 Å². The summed E-state index contributed by atoms with van der Waals surface area (Å²) in [5, 5.41) is 19.3. The van der Waals surface area contributed by atoms with E-state index in [-0.39, 0.29) is 12.1 Å². The van der Waals surface area contributed by atoms with Crippen LogP contribution in [-0.2, 0) is 6.42 Å². The quantitative estimate of drug-likeness (QED) is 0.588. The largest absolute Gasteiger partial charge is 0.390 e. The molecule has 0 spiro atoms. The molecular formula is C9H10FNO3. The number of alkyl halides is 1. The van der Waals surface area contributed by atoms with E-state index in [0.717, 1.165) is 0 Å². The maximum atomic E-state index is 11.9. The van der Waals surface area contributed by atoms with Crippen molar-refractivity contribution in [3.8, 4) is 0 Å². The lowest BCUT2D eigenvalue weighted by atomic mass is 10.1. The summed E-state index contributed by atoms with van der Waals surface area (Å²) in [7, 11) is 0. The molecule has 1 aromatic carbocycles. The summed E-state index contributed by atoms with van der Waals surface area (Å²) in [5.74, 6) is 0. The zero-order valence-electron chi connectivity index (χ0n) is 7.39. The third-order valence-electron chi connectivity index (χ3n) is 1.80. The molecule has 0 fully saturated rings. The molecule has 0 amide bonds. The number of hydrogen-bond donors (Lipinski definition) is 1. The van der Waals surface area contributed by atoms with Gasteiger partial charge < -0.3 is 5.11 Å². The molecule has 0 saturated carbocycles. The standard InChI is InChI=1S/C9H10FNO3/c10-6-9(12)5-7-1-3-8(4-2-7)11(13)14/h1-4,9,12H,5-6H2/i10-1. The van der Waals surface area contributed by atoms with Crippen molar-refractivity contribution in [1.29, 1.82) is 0 Å². The summed E-state index contributed by atoms with van der Waals surface area (Å²) in [6.45, 7) is -0.809. The molecule has 1 unspecified atom stereocenters. The fraction of sp³-hybridized carbons (Fsp3) is 0.333. The maximum Gasteiger partial charge on any atom is 0.269 e. The van der Waals surface area contributed by atoms with Gasteiger partial charge in [0.2, 0.25) is 0 Å². The minimum absolute atomic E-state index is 0.0107. The highest BCUT2D eigenvalue weighted by atomic mass is 18.2. The Kier molecular flexibility index (Phi) is 3.53. The summed E-state index contributed by atoms with van der Waals surface area (Å²) < 4.78 is 11.9. The molecule has 5 heteroatoms. The van der Waals surface area contributed by atoms with Gasteiger partial charge in [-0.1, -0.05) is 12.1 Å². The topological polar surface area (TPSA) is 63.4 Å². The predicted octanol–water partition coefficient (Wildman–Crippen LogP) is 1.47. The van der Waals surface area contributed by atoms with E-state index in [1.165, 1.54) is 24.3 Å². The number of halogens is 1. The number of rotatable bonds is 4. The second-order valence-corrected chi connectivity index (χ2v) is 2.94. The van der Waals surface area contributed by atoms with E-state index in [9.17, 15) is 14.5 Å². The number of aliphatic hydroxyl groups excluding tert-OH is 1. The van der Waals surface area contributed by atoms with Crippen molar-refractivity contribution in [3.63, 3.8) is 0 Å². The Morgan fingerprint density at radius 1 is 1.43 bits per heavy atom. The van der Waals surface area contributed by atoms with Gasteiger partial charge >= 0.3 is 0 Å². The van der Waals surface area contributed by atoms with Crippen LogP contribution in [0, 0.1) is 10.1 Å². The molecule has 0 heterocycles. The smallest absolute Gasteiger partial charge is 0.269 e. The minimum Gasteiger partial charge on any atom is -0.390 e. The highest BCUT2D eigenvalue weighted by Gasteiger charge is 2.07. The van der Waals surface area contributed by atoms with Crippen LogP contribution in [0.15, 0.2) is 24.3 Å². The molecule has 0 aliphatic rings. The number of hydrogen-bond acceptors (Lipinski definition) is 3. The van der Waals surface area contributed by atoms with Crippen molar-refractivity contribution >= 4 is 5.69 Å². The molecule has 0 aliphatic carbocycles. The van der Waals surface area contributed by atoms with Crippen LogP contribution in [-0.4, -0.2) is 22.8 Å². The second-order valence-electron chi connectivity index (χ2n) is 2.94. The minimum atomic E-state index is -1.03. The lowest BCUT2D eigenvalue weighted by Crippen LogP contribution is -2.12. The zero-order valence-corrected chi connectivity index (χ0v) is 7.39. The Hall–Kier alpha value is -1.49. The van der Waals surface area contributed by atoms with Crippen LogP contribution in [0.4, 0.5) is 10.1 Å². The van der Waals surface area contributed by atoms with Gasteiger partial charge in [-0.15, -0.1) is 0 Å². The first-order chi connectivity index (χ1) is 6.63. The van der Waals surface area contributed by atoms with Gasteiger partial charge in [-0.3, -0.25) is 10.1 Å². The third-order valence-corrected chi connectivity index (χ3v) is 1.80. The van der Waals surface area contributed by atoms with Crippen molar-refractivity contribution in [2.45, 2.75) is 12.5 Å². The number of nitrogens with zero attached hydrogens (tertiary/aromatic N) is 1. The summed E-state index contributed by atoms with van der Waals surface area (Å²) >= 11 is 0. The molecule has 0 radical (unpaired) electrons. The molecular weight excluding hydrogens is 188 g/mol. The maximum absolute atomic E-state index is 11.9. The Balaban J connectivity index is 2.68. The van der Waals surface area contributed by atoms with E-state index >= 15 is 0 Å². The third kappa shape index (κ3) is 2.77. The van der Waals surface area contributed by atoms with E-state index in [4.69, 9.17) is 5.11 Å². The van der Waals surface area contributed by atoms with Gasteiger partial charge in [-0.25, -0.2) is 4.39 Å². The summed E-state index contributed by atoms with van der Waals surface area (Å²) in [6, 6.07) is 5.69. The molecule has 1 atom stereocenters. The van der Waals surface area contributed by atoms with Crippen LogP contribution in [0.3, 0.4) is 0 Å². The lowest BCUT2D eigenvalue weighted by molar-refractivity contribution is -0.384. The molecule has 1 rings (SSSR count). The average molecular weight is 198 g/mol. The van der Waals surface area contributed by atoms with Crippen molar-refractivity contribution in [2.24, 2.45) is 0 Å². The molecule has 1 aromatic rings. The van der Waals surface area contributed by atoms with Gasteiger partial charge in [0.25, 0.3) is 5.69 Å².